The van der Waals surface area contributed by atoms with Crippen LogP contribution in [0.1, 0.15) is 68.6 Å². The van der Waals surface area contributed by atoms with Crippen LogP contribution in [0.15, 0.2) is 48.5 Å². The molecular formula is C22H27NO2. The van der Waals surface area contributed by atoms with E-state index in [1.807, 2.05) is 48.5 Å². The highest BCUT2D eigenvalue weighted by Crippen LogP contribution is 2.39. The van der Waals surface area contributed by atoms with Gasteiger partial charge in [-0.2, -0.15) is 0 Å². The highest BCUT2D eigenvalue weighted by Gasteiger charge is 2.34. The van der Waals surface area contributed by atoms with Gasteiger partial charge >= 0.3 is 0 Å². The molecule has 0 aromatic heterocycles. The van der Waals surface area contributed by atoms with Crippen molar-refractivity contribution in [2.24, 2.45) is 0 Å². The minimum atomic E-state index is -0.303. The smallest absolute Gasteiger partial charge is 0.251 e. The molecule has 1 unspecified atom stereocenters. The van der Waals surface area contributed by atoms with E-state index in [2.05, 4.69) is 39.9 Å². The van der Waals surface area contributed by atoms with Crippen LogP contribution in [0.25, 0.3) is 0 Å². The van der Waals surface area contributed by atoms with Crippen LogP contribution in [0.4, 0.5) is 0 Å². The minimum absolute atomic E-state index is 0.0436. The topological polar surface area (TPSA) is 38.3 Å². The van der Waals surface area contributed by atoms with Crippen molar-refractivity contribution in [1.82, 2.24) is 5.32 Å². The number of amides is 1. The molecule has 0 spiro atoms. The molecule has 2 aromatic carbocycles. The Morgan fingerprint density at radius 1 is 1.08 bits per heavy atom. The van der Waals surface area contributed by atoms with Gasteiger partial charge in [0.15, 0.2) is 0 Å². The lowest BCUT2D eigenvalue weighted by Gasteiger charge is -2.37. The molecule has 0 saturated carbocycles. The maximum Gasteiger partial charge on any atom is 0.251 e. The summed E-state index contributed by atoms with van der Waals surface area (Å²) in [7, 11) is 0. The van der Waals surface area contributed by atoms with Crippen LogP contribution < -0.4 is 10.1 Å². The minimum Gasteiger partial charge on any atom is -0.487 e. The Morgan fingerprint density at radius 3 is 2.36 bits per heavy atom. The van der Waals surface area contributed by atoms with E-state index in [0.29, 0.717) is 5.56 Å². The summed E-state index contributed by atoms with van der Waals surface area (Å²) in [6, 6.07) is 15.8. The first-order chi connectivity index (χ1) is 11.7. The fourth-order valence-electron chi connectivity index (χ4n) is 3.29. The number of nitrogens with one attached hydrogen (secondary N) is 1. The Labute approximate surface area is 150 Å². The van der Waals surface area contributed by atoms with Crippen LogP contribution in [0.5, 0.6) is 5.75 Å². The van der Waals surface area contributed by atoms with Crippen molar-refractivity contribution in [3.05, 3.63) is 65.2 Å². The Balaban J connectivity index is 1.81. The molecule has 1 aliphatic rings. The van der Waals surface area contributed by atoms with Crippen molar-refractivity contribution in [2.45, 2.75) is 58.1 Å². The van der Waals surface area contributed by atoms with Crippen LogP contribution in [0.2, 0.25) is 0 Å². The van der Waals surface area contributed by atoms with Gasteiger partial charge in [-0.05, 0) is 43.0 Å². The van der Waals surface area contributed by atoms with Crippen molar-refractivity contribution < 1.29 is 9.53 Å². The molecule has 0 bridgehead atoms. The molecule has 25 heavy (non-hydrogen) atoms. The molecule has 1 heterocycles. The zero-order valence-electron chi connectivity index (χ0n) is 15.7. The van der Waals surface area contributed by atoms with E-state index < -0.39 is 0 Å². The van der Waals surface area contributed by atoms with Gasteiger partial charge in [0, 0.05) is 17.5 Å². The number of hydrogen-bond donors (Lipinski definition) is 1. The number of rotatable bonds is 2. The first kappa shape index (κ1) is 17.5. The molecule has 132 valence electrons. The van der Waals surface area contributed by atoms with Crippen molar-refractivity contribution in [3.8, 4) is 5.75 Å². The number of fused-ring (bicyclic) bond motifs is 1. The molecule has 1 N–H and O–H groups in total. The summed E-state index contributed by atoms with van der Waals surface area (Å²) in [4.78, 5) is 12.7. The zero-order valence-corrected chi connectivity index (χ0v) is 15.7. The average molecular weight is 337 g/mol. The van der Waals surface area contributed by atoms with E-state index in [0.717, 1.165) is 17.7 Å². The molecule has 1 aliphatic heterocycles. The second-order valence-corrected chi connectivity index (χ2v) is 8.46. The predicted octanol–water partition coefficient (Wildman–Crippen LogP) is 5.02. The third-order valence-electron chi connectivity index (χ3n) is 4.69. The van der Waals surface area contributed by atoms with Crippen LogP contribution in [-0.4, -0.2) is 11.5 Å². The van der Waals surface area contributed by atoms with Crippen molar-refractivity contribution in [2.75, 3.05) is 0 Å². The van der Waals surface area contributed by atoms with E-state index >= 15 is 0 Å². The summed E-state index contributed by atoms with van der Waals surface area (Å²) >= 11 is 0. The van der Waals surface area contributed by atoms with E-state index in [4.69, 9.17) is 4.74 Å². The molecular weight excluding hydrogens is 310 g/mol. The van der Waals surface area contributed by atoms with Crippen molar-refractivity contribution >= 4 is 5.91 Å². The Hall–Kier alpha value is -2.29. The first-order valence-electron chi connectivity index (χ1n) is 8.85. The fourth-order valence-corrected chi connectivity index (χ4v) is 3.29. The molecule has 3 nitrogen and oxygen atoms in total. The monoisotopic (exact) mass is 337 g/mol. The normalized spacial score (nSPS) is 18.8. The summed E-state index contributed by atoms with van der Waals surface area (Å²) in [5.74, 6) is 0.810. The maximum atomic E-state index is 12.7. The number of carbonyl (C=O) groups is 1. The third kappa shape index (κ3) is 3.87. The van der Waals surface area contributed by atoms with Crippen molar-refractivity contribution in [1.29, 1.82) is 0 Å². The van der Waals surface area contributed by atoms with Crippen LogP contribution in [-0.2, 0) is 5.41 Å². The zero-order chi connectivity index (χ0) is 18.2. The molecule has 0 fully saturated rings. The van der Waals surface area contributed by atoms with Gasteiger partial charge in [0.25, 0.3) is 5.91 Å². The first-order valence-corrected chi connectivity index (χ1v) is 8.85. The SMILES string of the molecule is CC1(C)CC(NC(=O)c2ccc(C(C)(C)C)cc2)c2ccccc2O1. The number of para-hydroxylation sites is 1. The van der Waals surface area contributed by atoms with Gasteiger partial charge in [0.05, 0.1) is 6.04 Å². The van der Waals surface area contributed by atoms with E-state index in [-0.39, 0.29) is 23.0 Å². The van der Waals surface area contributed by atoms with Gasteiger partial charge in [-0.25, -0.2) is 0 Å². The number of carbonyl (C=O) groups excluding carboxylic acids is 1. The molecule has 3 rings (SSSR count). The summed E-state index contributed by atoms with van der Waals surface area (Å²) < 4.78 is 6.04. The van der Waals surface area contributed by atoms with Gasteiger partial charge in [-0.1, -0.05) is 51.1 Å². The lowest BCUT2D eigenvalue weighted by atomic mass is 9.86. The van der Waals surface area contributed by atoms with Gasteiger partial charge in [-0.15, -0.1) is 0 Å². The Bertz CT molecular complexity index is 769. The number of benzene rings is 2. The van der Waals surface area contributed by atoms with Gasteiger partial charge in [-0.3, -0.25) is 4.79 Å². The molecule has 1 amide bonds. The standard InChI is InChI=1S/C22H27NO2/c1-21(2,3)16-12-10-15(11-13-16)20(24)23-18-14-22(4,5)25-19-9-7-6-8-17(18)19/h6-13,18H,14H2,1-5H3,(H,23,24). The van der Waals surface area contributed by atoms with E-state index in [1.54, 1.807) is 0 Å². The molecule has 1 atom stereocenters. The molecule has 0 saturated heterocycles. The summed E-state index contributed by atoms with van der Waals surface area (Å²) in [6.07, 6.45) is 0.746. The average Bonchev–Trinajstić information content (AvgIpc) is 2.53. The molecule has 2 aromatic rings. The lowest BCUT2D eigenvalue weighted by Crippen LogP contribution is -2.41. The second kappa shape index (κ2) is 6.21. The van der Waals surface area contributed by atoms with E-state index in [9.17, 15) is 4.79 Å². The molecule has 0 radical (unpaired) electrons. The third-order valence-corrected chi connectivity index (χ3v) is 4.69. The molecule has 3 heteroatoms. The highest BCUT2D eigenvalue weighted by molar-refractivity contribution is 5.94. The molecule has 0 aliphatic carbocycles. The largest absolute Gasteiger partial charge is 0.487 e. The second-order valence-electron chi connectivity index (χ2n) is 8.46. The number of ether oxygens (including phenoxy) is 1. The number of hydrogen-bond acceptors (Lipinski definition) is 2. The summed E-state index contributed by atoms with van der Waals surface area (Å²) in [6.45, 7) is 10.6. The van der Waals surface area contributed by atoms with Gasteiger partial charge < -0.3 is 10.1 Å². The Morgan fingerprint density at radius 2 is 1.72 bits per heavy atom. The van der Waals surface area contributed by atoms with Crippen LogP contribution >= 0.6 is 0 Å². The highest BCUT2D eigenvalue weighted by atomic mass is 16.5. The Kier molecular flexibility index (Phi) is 4.36. The summed E-state index contributed by atoms with van der Waals surface area (Å²) in [5, 5.41) is 3.19. The van der Waals surface area contributed by atoms with Crippen LogP contribution in [0, 0.1) is 0 Å². The van der Waals surface area contributed by atoms with E-state index in [1.165, 1.54) is 5.56 Å². The van der Waals surface area contributed by atoms with Gasteiger partial charge in [0.1, 0.15) is 11.4 Å². The fraction of sp³-hybridized carbons (Fsp3) is 0.409. The van der Waals surface area contributed by atoms with Crippen molar-refractivity contribution in [3.63, 3.8) is 0 Å². The maximum absolute atomic E-state index is 12.7. The summed E-state index contributed by atoms with van der Waals surface area (Å²) in [5.41, 5.74) is 2.74. The van der Waals surface area contributed by atoms with Crippen LogP contribution in [0.3, 0.4) is 0 Å². The van der Waals surface area contributed by atoms with Gasteiger partial charge in [0.2, 0.25) is 0 Å². The predicted molar refractivity (Wildman–Crippen MR) is 101 cm³/mol. The lowest BCUT2D eigenvalue weighted by molar-refractivity contribution is 0.0619. The quantitative estimate of drug-likeness (QED) is 0.836.